The van der Waals surface area contributed by atoms with E-state index in [1.54, 1.807) is 30.0 Å². The second-order valence-corrected chi connectivity index (χ2v) is 8.25. The first-order valence-electron chi connectivity index (χ1n) is 9.65. The van der Waals surface area contributed by atoms with Gasteiger partial charge in [-0.3, -0.25) is 0 Å². The van der Waals surface area contributed by atoms with Gasteiger partial charge in [-0.25, -0.2) is 4.39 Å². The van der Waals surface area contributed by atoms with Crippen molar-refractivity contribution in [3.8, 4) is 11.4 Å². The van der Waals surface area contributed by atoms with Gasteiger partial charge in [-0.2, -0.15) is 4.98 Å². The quantitative estimate of drug-likeness (QED) is 0.303. The highest BCUT2D eigenvalue weighted by Gasteiger charge is 2.33. The van der Waals surface area contributed by atoms with Gasteiger partial charge in [-0.05, 0) is 67.4 Å². The molecule has 2 heterocycles. The lowest BCUT2D eigenvalue weighted by molar-refractivity contribution is 0.399. The summed E-state index contributed by atoms with van der Waals surface area (Å²) in [6.07, 6.45) is 3.81. The van der Waals surface area contributed by atoms with Crippen molar-refractivity contribution in [1.82, 2.24) is 20.4 Å². The van der Waals surface area contributed by atoms with Gasteiger partial charge in [0.15, 0.2) is 5.11 Å². The van der Waals surface area contributed by atoms with E-state index >= 15 is 0 Å². The summed E-state index contributed by atoms with van der Waals surface area (Å²) >= 11 is 7.24. The Labute approximate surface area is 190 Å². The third-order valence-electron chi connectivity index (χ3n) is 5.12. The zero-order valence-electron chi connectivity index (χ0n) is 17.1. The third kappa shape index (κ3) is 4.26. The van der Waals surface area contributed by atoms with Crippen LogP contribution in [0.3, 0.4) is 0 Å². The van der Waals surface area contributed by atoms with Gasteiger partial charge in [-0.15, -0.1) is 18.3 Å². The summed E-state index contributed by atoms with van der Waals surface area (Å²) in [7, 11) is 0. The second kappa shape index (κ2) is 9.03. The lowest BCUT2D eigenvalue weighted by Crippen LogP contribution is -2.45. The van der Waals surface area contributed by atoms with E-state index in [0.29, 0.717) is 23.4 Å². The van der Waals surface area contributed by atoms with Crippen LogP contribution >= 0.6 is 24.0 Å². The molecule has 0 bridgehead atoms. The molecule has 0 aliphatic carbocycles. The topological polar surface area (TPSA) is 54.2 Å². The molecule has 8 heteroatoms. The summed E-state index contributed by atoms with van der Waals surface area (Å²) in [4.78, 5) is 7.76. The van der Waals surface area contributed by atoms with Crippen LogP contribution in [0, 0.1) is 5.82 Å². The summed E-state index contributed by atoms with van der Waals surface area (Å²) in [5.41, 5.74) is 3.39. The Kier molecular flexibility index (Phi) is 6.20. The first-order valence-corrected chi connectivity index (χ1v) is 11.3. The fourth-order valence-corrected chi connectivity index (χ4v) is 4.24. The Morgan fingerprint density at radius 3 is 2.58 bits per heavy atom. The van der Waals surface area contributed by atoms with Crippen molar-refractivity contribution in [3.05, 3.63) is 84.2 Å². The number of allylic oxidation sites excluding steroid dienone is 1. The van der Waals surface area contributed by atoms with E-state index in [4.69, 9.17) is 16.7 Å². The number of aromatic nitrogens is 2. The smallest absolute Gasteiger partial charge is 0.258 e. The lowest BCUT2D eigenvalue weighted by Gasteiger charge is -2.36. The van der Waals surface area contributed by atoms with E-state index < -0.39 is 0 Å². The fraction of sp³-hybridized carbons (Fsp3) is 0.174. The number of nitrogens with one attached hydrogen (secondary N) is 1. The Hall–Kier alpha value is -2.97. The van der Waals surface area contributed by atoms with E-state index in [2.05, 4.69) is 22.0 Å². The molecule has 0 saturated carbocycles. The summed E-state index contributed by atoms with van der Waals surface area (Å²) in [5, 5.41) is 8.08. The molecular formula is C23H21FN4OS2. The zero-order valence-corrected chi connectivity index (χ0v) is 18.8. The third-order valence-corrected chi connectivity index (χ3v) is 6.20. The average molecular weight is 453 g/mol. The Balaban J connectivity index is 1.78. The van der Waals surface area contributed by atoms with Crippen LogP contribution in [-0.4, -0.2) is 33.0 Å². The van der Waals surface area contributed by atoms with Crippen molar-refractivity contribution in [2.45, 2.75) is 17.9 Å². The van der Waals surface area contributed by atoms with Crippen molar-refractivity contribution in [2.24, 2.45) is 0 Å². The van der Waals surface area contributed by atoms with E-state index in [-0.39, 0.29) is 11.9 Å². The van der Waals surface area contributed by atoms with Crippen LogP contribution < -0.4 is 5.32 Å². The summed E-state index contributed by atoms with van der Waals surface area (Å²) in [6.45, 7) is 6.31. The number of benzene rings is 2. The highest BCUT2D eigenvalue weighted by molar-refractivity contribution is 7.98. The molecule has 3 aromatic rings. The standard InChI is InChI=1S/C23H21FN4OS2/c1-4-13-28-14(2)19(20(25-23(28)30)15-5-9-17(24)10-6-15)22-26-21(27-29-22)16-7-11-18(31-3)12-8-16/h4-12,20H,1,13H2,2-3H3,(H,25,30). The predicted octanol–water partition coefficient (Wildman–Crippen LogP) is 5.45. The molecule has 1 atom stereocenters. The fourth-order valence-electron chi connectivity index (χ4n) is 3.50. The molecule has 0 saturated heterocycles. The van der Waals surface area contributed by atoms with Crippen LogP contribution in [0.5, 0.6) is 0 Å². The van der Waals surface area contributed by atoms with Crippen molar-refractivity contribution in [1.29, 1.82) is 0 Å². The molecule has 1 unspecified atom stereocenters. The minimum absolute atomic E-state index is 0.300. The minimum atomic E-state index is -0.346. The van der Waals surface area contributed by atoms with Crippen LogP contribution in [0.25, 0.3) is 17.0 Å². The summed E-state index contributed by atoms with van der Waals surface area (Å²) in [6, 6.07) is 13.9. The monoisotopic (exact) mass is 452 g/mol. The van der Waals surface area contributed by atoms with Crippen molar-refractivity contribution >= 4 is 34.7 Å². The molecule has 31 heavy (non-hydrogen) atoms. The molecule has 1 aliphatic rings. The average Bonchev–Trinajstić information content (AvgIpc) is 3.26. The zero-order chi connectivity index (χ0) is 22.0. The van der Waals surface area contributed by atoms with Gasteiger partial charge >= 0.3 is 0 Å². The number of hydrogen-bond donors (Lipinski definition) is 1. The number of rotatable bonds is 6. The van der Waals surface area contributed by atoms with Gasteiger partial charge in [0.1, 0.15) is 5.82 Å². The number of thiocarbonyl (C=S) groups is 1. The van der Waals surface area contributed by atoms with Crippen molar-refractivity contribution < 1.29 is 8.91 Å². The van der Waals surface area contributed by atoms with E-state index in [1.165, 1.54) is 12.1 Å². The SMILES string of the molecule is C=CCN1C(=S)NC(c2ccc(F)cc2)C(c2nc(-c3ccc(SC)cc3)no2)=C1C. The van der Waals surface area contributed by atoms with E-state index in [1.807, 2.05) is 42.3 Å². The van der Waals surface area contributed by atoms with Gasteiger partial charge in [0.05, 0.1) is 11.6 Å². The number of halogens is 1. The van der Waals surface area contributed by atoms with Crippen LogP contribution in [-0.2, 0) is 0 Å². The molecule has 2 aromatic carbocycles. The van der Waals surface area contributed by atoms with E-state index in [9.17, 15) is 4.39 Å². The van der Waals surface area contributed by atoms with Gasteiger partial charge in [-0.1, -0.05) is 23.4 Å². The van der Waals surface area contributed by atoms with Gasteiger partial charge in [0, 0.05) is 22.7 Å². The van der Waals surface area contributed by atoms with Gasteiger partial charge < -0.3 is 14.7 Å². The normalized spacial score (nSPS) is 16.4. The maximum atomic E-state index is 13.5. The van der Waals surface area contributed by atoms with Crippen LogP contribution in [0.15, 0.2) is 76.3 Å². The molecule has 0 amide bonds. The molecule has 0 radical (unpaired) electrons. The molecule has 4 rings (SSSR count). The highest BCUT2D eigenvalue weighted by Crippen LogP contribution is 2.37. The molecule has 5 nitrogen and oxygen atoms in total. The first kappa shape index (κ1) is 21.3. The Morgan fingerprint density at radius 1 is 1.23 bits per heavy atom. The number of nitrogens with zero attached hydrogens (tertiary/aromatic N) is 3. The predicted molar refractivity (Wildman–Crippen MR) is 126 cm³/mol. The van der Waals surface area contributed by atoms with Gasteiger partial charge in [0.25, 0.3) is 5.89 Å². The minimum Gasteiger partial charge on any atom is -0.351 e. The second-order valence-electron chi connectivity index (χ2n) is 6.98. The summed E-state index contributed by atoms with van der Waals surface area (Å²) < 4.78 is 19.2. The molecule has 1 aliphatic heterocycles. The Bertz CT molecular complexity index is 1140. The van der Waals surface area contributed by atoms with Crippen LogP contribution in [0.4, 0.5) is 4.39 Å². The number of hydrogen-bond acceptors (Lipinski definition) is 5. The summed E-state index contributed by atoms with van der Waals surface area (Å²) in [5.74, 6) is 0.593. The molecule has 0 fully saturated rings. The highest BCUT2D eigenvalue weighted by atomic mass is 32.2. The number of thioether (sulfide) groups is 1. The largest absolute Gasteiger partial charge is 0.351 e. The van der Waals surface area contributed by atoms with Crippen molar-refractivity contribution in [3.63, 3.8) is 0 Å². The first-order chi connectivity index (χ1) is 15.0. The van der Waals surface area contributed by atoms with Crippen LogP contribution in [0.1, 0.15) is 24.4 Å². The Morgan fingerprint density at radius 2 is 1.94 bits per heavy atom. The molecule has 0 spiro atoms. The van der Waals surface area contributed by atoms with Crippen LogP contribution in [0.2, 0.25) is 0 Å². The van der Waals surface area contributed by atoms with Crippen molar-refractivity contribution in [2.75, 3.05) is 12.8 Å². The lowest BCUT2D eigenvalue weighted by atomic mass is 9.95. The molecule has 158 valence electrons. The maximum Gasteiger partial charge on any atom is 0.258 e. The van der Waals surface area contributed by atoms with E-state index in [0.717, 1.165) is 27.3 Å². The maximum absolute atomic E-state index is 13.5. The molecule has 1 aromatic heterocycles. The van der Waals surface area contributed by atoms with Gasteiger partial charge in [0.2, 0.25) is 5.82 Å². The molecule has 1 N–H and O–H groups in total. The molecular weight excluding hydrogens is 431 g/mol.